The van der Waals surface area contributed by atoms with Crippen LogP contribution in [-0.2, 0) is 13.6 Å². The number of hydrogen-bond donors (Lipinski definition) is 0. The van der Waals surface area contributed by atoms with Crippen molar-refractivity contribution in [3.05, 3.63) is 78.1 Å². The Bertz CT molecular complexity index is 1680. The molecule has 0 spiro atoms. The van der Waals surface area contributed by atoms with Crippen molar-refractivity contribution in [2.75, 3.05) is 11.9 Å². The maximum atomic E-state index is 13.1. The smallest absolute Gasteiger partial charge is 0.406 e. The van der Waals surface area contributed by atoms with Gasteiger partial charge in [-0.25, -0.2) is 0 Å². The Morgan fingerprint density at radius 2 is 1.89 bits per heavy atom. The summed E-state index contributed by atoms with van der Waals surface area (Å²) in [4.78, 5) is 16.4. The van der Waals surface area contributed by atoms with E-state index < -0.39 is 6.36 Å². The molecule has 5 nitrogen and oxygen atoms in total. The van der Waals surface area contributed by atoms with Gasteiger partial charge in [0.05, 0.1) is 21.3 Å². The molecule has 3 heterocycles. The molecule has 0 bridgehead atoms. The third-order valence-electron chi connectivity index (χ3n) is 5.72. The van der Waals surface area contributed by atoms with Crippen LogP contribution in [0.15, 0.2) is 63.3 Å². The van der Waals surface area contributed by atoms with Gasteiger partial charge in [-0.3, -0.25) is 9.36 Å². The Labute approximate surface area is 216 Å². The SMILES string of the molecule is CCn1c(=O)/c(=C/C=C2\Sc3ccccc3N2C)s/c1=C\c1sc2cc(OC(F)(F)F)ccc2[n+]1C. The van der Waals surface area contributed by atoms with Gasteiger partial charge in [-0.05, 0) is 37.3 Å². The molecule has 0 fully saturated rings. The summed E-state index contributed by atoms with van der Waals surface area (Å²) in [7, 11) is 3.85. The molecule has 0 amide bonds. The van der Waals surface area contributed by atoms with E-state index in [1.807, 2.05) is 55.9 Å². The topological polar surface area (TPSA) is 38.4 Å². The third-order valence-corrected chi connectivity index (χ3v) is 9.13. The number of anilines is 1. The van der Waals surface area contributed by atoms with Crippen molar-refractivity contribution in [3.63, 3.8) is 0 Å². The minimum Gasteiger partial charge on any atom is -0.406 e. The Hall–Kier alpha value is -3.02. The second kappa shape index (κ2) is 9.45. The molecule has 0 saturated carbocycles. The van der Waals surface area contributed by atoms with E-state index in [0.29, 0.717) is 15.8 Å². The number of ether oxygens (including phenoxy) is 1. The summed E-state index contributed by atoms with van der Waals surface area (Å²) in [5, 5.41) is 1.84. The van der Waals surface area contributed by atoms with E-state index in [1.54, 1.807) is 22.4 Å². The van der Waals surface area contributed by atoms with E-state index in [2.05, 4.69) is 21.8 Å². The molecule has 5 rings (SSSR count). The van der Waals surface area contributed by atoms with Crippen molar-refractivity contribution in [1.82, 2.24) is 4.57 Å². The first kappa shape index (κ1) is 24.7. The Kier molecular flexibility index (Phi) is 6.48. The highest BCUT2D eigenvalue weighted by Crippen LogP contribution is 2.44. The summed E-state index contributed by atoms with van der Waals surface area (Å²) in [6, 6.07) is 12.4. The van der Waals surface area contributed by atoms with E-state index in [-0.39, 0.29) is 11.3 Å². The number of allylic oxidation sites excluding steroid dienone is 1. The van der Waals surface area contributed by atoms with E-state index in [0.717, 1.165) is 25.9 Å². The van der Waals surface area contributed by atoms with E-state index >= 15 is 0 Å². The summed E-state index contributed by atoms with van der Waals surface area (Å²) >= 11 is 4.39. The highest BCUT2D eigenvalue weighted by atomic mass is 32.2. The molecule has 0 saturated heterocycles. The van der Waals surface area contributed by atoms with Crippen LogP contribution in [-0.4, -0.2) is 18.0 Å². The molecule has 11 heteroatoms. The molecule has 0 radical (unpaired) electrons. The number of fused-ring (bicyclic) bond motifs is 2. The number of aromatic nitrogens is 2. The molecule has 1 aliphatic heterocycles. The molecule has 0 N–H and O–H groups in total. The zero-order valence-corrected chi connectivity index (χ0v) is 21.9. The third kappa shape index (κ3) is 4.70. The van der Waals surface area contributed by atoms with E-state index in [1.165, 1.54) is 39.7 Å². The first-order chi connectivity index (χ1) is 17.1. The van der Waals surface area contributed by atoms with Crippen molar-refractivity contribution >= 4 is 62.5 Å². The first-order valence-corrected chi connectivity index (χ1v) is 13.4. The lowest BCUT2D eigenvalue weighted by Gasteiger charge is -2.12. The van der Waals surface area contributed by atoms with Crippen molar-refractivity contribution in [2.24, 2.45) is 7.05 Å². The Morgan fingerprint density at radius 3 is 2.61 bits per heavy atom. The summed E-state index contributed by atoms with van der Waals surface area (Å²) < 4.78 is 47.6. The normalized spacial score (nSPS) is 15.9. The summed E-state index contributed by atoms with van der Waals surface area (Å²) in [6.45, 7) is 2.42. The number of nitrogens with zero attached hydrogens (tertiary/aromatic N) is 3. The maximum absolute atomic E-state index is 13.1. The molecular weight excluding hydrogens is 527 g/mol. The number of rotatable bonds is 4. The molecule has 0 aliphatic carbocycles. The predicted molar refractivity (Wildman–Crippen MR) is 140 cm³/mol. The number of thiazole rings is 2. The molecule has 2 aromatic carbocycles. The van der Waals surface area contributed by atoms with Gasteiger partial charge in [0.2, 0.25) is 5.52 Å². The van der Waals surface area contributed by atoms with Crippen LogP contribution in [0.1, 0.15) is 11.9 Å². The summed E-state index contributed by atoms with van der Waals surface area (Å²) in [6.07, 6.45) is 0.977. The summed E-state index contributed by atoms with van der Waals surface area (Å²) in [5.41, 5.74) is 1.84. The van der Waals surface area contributed by atoms with Crippen molar-refractivity contribution in [2.45, 2.75) is 24.7 Å². The predicted octanol–water partition coefficient (Wildman–Crippen LogP) is 4.56. The van der Waals surface area contributed by atoms with Gasteiger partial charge in [0.1, 0.15) is 22.2 Å². The lowest BCUT2D eigenvalue weighted by atomic mass is 10.3. The van der Waals surface area contributed by atoms with Crippen LogP contribution in [0.2, 0.25) is 0 Å². The van der Waals surface area contributed by atoms with Gasteiger partial charge in [0, 0.05) is 30.6 Å². The lowest BCUT2D eigenvalue weighted by molar-refractivity contribution is -0.642. The van der Waals surface area contributed by atoms with Crippen LogP contribution in [0.5, 0.6) is 5.75 Å². The largest absolute Gasteiger partial charge is 0.573 e. The van der Waals surface area contributed by atoms with Crippen molar-refractivity contribution < 1.29 is 22.5 Å². The van der Waals surface area contributed by atoms with Crippen LogP contribution in [0.4, 0.5) is 18.9 Å². The fourth-order valence-electron chi connectivity index (χ4n) is 3.95. The monoisotopic (exact) mass is 548 g/mol. The molecule has 4 aromatic rings. The number of thioether (sulfide) groups is 1. The van der Waals surface area contributed by atoms with Gasteiger partial charge >= 0.3 is 6.36 Å². The number of hydrogen-bond acceptors (Lipinski definition) is 6. The average Bonchev–Trinajstić information content (AvgIpc) is 3.42. The van der Waals surface area contributed by atoms with E-state index in [4.69, 9.17) is 0 Å². The molecule has 1 aliphatic rings. The quantitative estimate of drug-likeness (QED) is 0.351. The van der Waals surface area contributed by atoms with Gasteiger partial charge in [-0.1, -0.05) is 35.2 Å². The Balaban J connectivity index is 1.54. The second-order valence-corrected chi connectivity index (χ2v) is 11.2. The summed E-state index contributed by atoms with van der Waals surface area (Å²) in [5.74, 6) is -0.258. The number of aryl methyl sites for hydroxylation is 1. The molecule has 186 valence electrons. The van der Waals surface area contributed by atoms with Gasteiger partial charge < -0.3 is 9.64 Å². The minimum atomic E-state index is -4.74. The fraction of sp³-hybridized carbons (Fsp3) is 0.200. The van der Waals surface area contributed by atoms with Gasteiger partial charge in [0.25, 0.3) is 10.6 Å². The average molecular weight is 549 g/mol. The second-order valence-electron chi connectivity index (χ2n) is 7.98. The van der Waals surface area contributed by atoms with Crippen molar-refractivity contribution in [3.8, 4) is 5.75 Å². The highest BCUT2D eigenvalue weighted by molar-refractivity contribution is 8.03. The minimum absolute atomic E-state index is 0.0709. The molecule has 0 unspecified atom stereocenters. The van der Waals surface area contributed by atoms with Gasteiger partial charge in [0.15, 0.2) is 0 Å². The molecule has 2 aromatic heterocycles. The number of alkyl halides is 3. The number of halogens is 3. The Morgan fingerprint density at radius 1 is 1.11 bits per heavy atom. The van der Waals surface area contributed by atoms with Crippen LogP contribution in [0.3, 0.4) is 0 Å². The molecule has 36 heavy (non-hydrogen) atoms. The van der Waals surface area contributed by atoms with Gasteiger partial charge in [-0.15, -0.1) is 24.5 Å². The zero-order valence-electron chi connectivity index (χ0n) is 19.5. The van der Waals surface area contributed by atoms with Crippen LogP contribution >= 0.6 is 34.4 Å². The number of para-hydroxylation sites is 1. The standard InChI is InChI=1S/C25H21F3N3O2S3/c1-4-31-23(14-22-30(3)17-10-9-15(13-20(17)36-22)33-25(26,27)28)35-19(24(31)32)11-12-21-29(2)16-7-5-6-8-18(16)34-21/h5-14H,4H2,1-3H3/q+1/b19-11-,21-12-. The van der Waals surface area contributed by atoms with E-state index in [9.17, 15) is 18.0 Å². The van der Waals surface area contributed by atoms with Crippen molar-refractivity contribution in [1.29, 1.82) is 0 Å². The number of benzene rings is 2. The molecular formula is C25H21F3N3O2S3+. The maximum Gasteiger partial charge on any atom is 0.573 e. The van der Waals surface area contributed by atoms with Gasteiger partial charge in [-0.2, -0.15) is 4.57 Å². The zero-order chi connectivity index (χ0) is 25.6. The fourth-order valence-corrected chi connectivity index (χ4v) is 7.25. The lowest BCUT2D eigenvalue weighted by Crippen LogP contribution is -2.32. The highest BCUT2D eigenvalue weighted by Gasteiger charge is 2.31. The van der Waals surface area contributed by atoms with Crippen LogP contribution in [0, 0.1) is 0 Å². The van der Waals surface area contributed by atoms with Crippen LogP contribution < -0.4 is 29.0 Å². The van der Waals surface area contributed by atoms with Crippen LogP contribution in [0.25, 0.3) is 22.4 Å². The first-order valence-electron chi connectivity index (χ1n) is 11.0. The molecule has 0 atom stereocenters.